The lowest BCUT2D eigenvalue weighted by atomic mass is 9.90. The molecule has 3 nitrogen and oxygen atoms in total. The van der Waals surface area contributed by atoms with Crippen molar-refractivity contribution in [1.29, 1.82) is 0 Å². The third-order valence-electron chi connectivity index (χ3n) is 3.00. The van der Waals surface area contributed by atoms with Crippen LogP contribution in [0.2, 0.25) is 0 Å². The molecule has 0 aromatic rings. The van der Waals surface area contributed by atoms with Gasteiger partial charge in [0.15, 0.2) is 0 Å². The molecule has 0 aromatic heterocycles. The van der Waals surface area contributed by atoms with Crippen LogP contribution in [0.5, 0.6) is 0 Å². The number of hydrogen-bond donors (Lipinski definition) is 1. The average molecular weight is 263 g/mol. The van der Waals surface area contributed by atoms with Crippen molar-refractivity contribution in [3.63, 3.8) is 0 Å². The highest BCUT2D eigenvalue weighted by molar-refractivity contribution is 5.85. The lowest BCUT2D eigenvalue weighted by Crippen LogP contribution is -2.55. The molecule has 1 N–H and O–H groups in total. The van der Waals surface area contributed by atoms with Crippen LogP contribution in [0.1, 0.15) is 47.5 Å². The largest absolute Gasteiger partial charge is 0.340 e. The Morgan fingerprint density at radius 2 is 1.71 bits per heavy atom. The first kappa shape index (κ1) is 16.7. The maximum Gasteiger partial charge on any atom is 0.222 e. The van der Waals surface area contributed by atoms with Gasteiger partial charge >= 0.3 is 0 Å². The molecule has 0 bridgehead atoms. The monoisotopic (exact) mass is 262 g/mol. The Balaban J connectivity index is 0.00000256. The van der Waals surface area contributed by atoms with Crippen LogP contribution in [-0.2, 0) is 4.79 Å². The fourth-order valence-electron chi connectivity index (χ4n) is 2.17. The molecule has 1 heterocycles. The van der Waals surface area contributed by atoms with Gasteiger partial charge < -0.3 is 10.2 Å². The van der Waals surface area contributed by atoms with E-state index in [2.05, 4.69) is 39.9 Å². The van der Waals surface area contributed by atoms with Gasteiger partial charge in [0.25, 0.3) is 0 Å². The lowest BCUT2D eigenvalue weighted by Gasteiger charge is -2.36. The predicted octanol–water partition coefficient (Wildman–Crippen LogP) is 2.44. The van der Waals surface area contributed by atoms with Gasteiger partial charge in [0.05, 0.1) is 0 Å². The first-order valence-corrected chi connectivity index (χ1v) is 6.32. The molecule has 4 heteroatoms. The van der Waals surface area contributed by atoms with E-state index in [0.717, 1.165) is 19.5 Å². The molecule has 0 aliphatic carbocycles. The molecule has 1 amide bonds. The molecule has 1 aliphatic heterocycles. The standard InChI is InChI=1S/C13H26N2O.ClH/c1-10-8-15(9-11(2)14-10)12(16)6-7-13(3,4)5;/h10-11,14H,6-9H2,1-5H3;1H. The van der Waals surface area contributed by atoms with Gasteiger partial charge in [-0.2, -0.15) is 0 Å². The predicted molar refractivity (Wildman–Crippen MR) is 74.6 cm³/mol. The van der Waals surface area contributed by atoms with E-state index >= 15 is 0 Å². The van der Waals surface area contributed by atoms with Crippen molar-refractivity contribution < 1.29 is 4.79 Å². The summed E-state index contributed by atoms with van der Waals surface area (Å²) < 4.78 is 0. The Bertz CT molecular complexity index is 240. The lowest BCUT2D eigenvalue weighted by molar-refractivity contribution is -0.133. The van der Waals surface area contributed by atoms with Gasteiger partial charge in [0.2, 0.25) is 5.91 Å². The molecule has 2 unspecified atom stereocenters. The Morgan fingerprint density at radius 3 is 2.12 bits per heavy atom. The summed E-state index contributed by atoms with van der Waals surface area (Å²) in [5, 5.41) is 3.44. The van der Waals surface area contributed by atoms with E-state index in [1.807, 2.05) is 4.90 Å². The summed E-state index contributed by atoms with van der Waals surface area (Å²) in [5.74, 6) is 0.315. The fraction of sp³-hybridized carbons (Fsp3) is 0.923. The maximum atomic E-state index is 12.0. The van der Waals surface area contributed by atoms with Crippen molar-refractivity contribution in [1.82, 2.24) is 10.2 Å². The second kappa shape index (κ2) is 6.60. The maximum absolute atomic E-state index is 12.0. The van der Waals surface area contributed by atoms with Crippen molar-refractivity contribution in [3.05, 3.63) is 0 Å². The summed E-state index contributed by atoms with van der Waals surface area (Å²) in [6.07, 6.45) is 1.65. The van der Waals surface area contributed by atoms with Crippen molar-refractivity contribution in [3.8, 4) is 0 Å². The number of carbonyl (C=O) groups is 1. The van der Waals surface area contributed by atoms with Crippen LogP contribution in [-0.4, -0.2) is 36.0 Å². The second-order valence-corrected chi connectivity index (χ2v) is 6.33. The summed E-state index contributed by atoms with van der Waals surface area (Å²) in [5.41, 5.74) is 0.251. The highest BCUT2D eigenvalue weighted by Crippen LogP contribution is 2.21. The summed E-state index contributed by atoms with van der Waals surface area (Å²) in [6, 6.07) is 0.838. The minimum atomic E-state index is 0. The Kier molecular flexibility index (Phi) is 6.49. The van der Waals surface area contributed by atoms with Gasteiger partial charge in [0, 0.05) is 31.6 Å². The molecule has 0 radical (unpaired) electrons. The number of nitrogens with zero attached hydrogens (tertiary/aromatic N) is 1. The van der Waals surface area contributed by atoms with Gasteiger partial charge in [-0.15, -0.1) is 12.4 Å². The normalized spacial score (nSPS) is 25.4. The minimum Gasteiger partial charge on any atom is -0.340 e. The fourth-order valence-corrected chi connectivity index (χ4v) is 2.17. The van der Waals surface area contributed by atoms with Crippen LogP contribution < -0.4 is 5.32 Å². The molecule has 1 saturated heterocycles. The number of nitrogens with one attached hydrogen (secondary N) is 1. The van der Waals surface area contributed by atoms with Crippen molar-refractivity contribution in [2.45, 2.75) is 59.5 Å². The van der Waals surface area contributed by atoms with Crippen LogP contribution in [0.4, 0.5) is 0 Å². The first-order valence-electron chi connectivity index (χ1n) is 6.32. The Labute approximate surface area is 112 Å². The van der Waals surface area contributed by atoms with Gasteiger partial charge in [-0.05, 0) is 25.7 Å². The number of piperazine rings is 1. The number of halogens is 1. The van der Waals surface area contributed by atoms with E-state index in [9.17, 15) is 4.79 Å². The van der Waals surface area contributed by atoms with E-state index < -0.39 is 0 Å². The molecule has 1 aliphatic rings. The van der Waals surface area contributed by atoms with E-state index in [4.69, 9.17) is 0 Å². The molecular formula is C13H27ClN2O. The summed E-state index contributed by atoms with van der Waals surface area (Å²) >= 11 is 0. The summed E-state index contributed by atoms with van der Waals surface area (Å²) in [7, 11) is 0. The Hall–Kier alpha value is -0.280. The van der Waals surface area contributed by atoms with E-state index in [0.29, 0.717) is 24.4 Å². The SMILES string of the molecule is CC1CN(C(=O)CCC(C)(C)C)CC(C)N1.Cl. The molecule has 2 atom stereocenters. The average Bonchev–Trinajstić information content (AvgIpc) is 2.11. The van der Waals surface area contributed by atoms with Crippen LogP contribution in [0.3, 0.4) is 0 Å². The molecule has 0 aromatic carbocycles. The molecule has 0 saturated carbocycles. The zero-order valence-corrected chi connectivity index (χ0v) is 12.6. The zero-order valence-electron chi connectivity index (χ0n) is 11.7. The second-order valence-electron chi connectivity index (χ2n) is 6.33. The van der Waals surface area contributed by atoms with Crippen LogP contribution in [0, 0.1) is 5.41 Å². The van der Waals surface area contributed by atoms with E-state index in [1.165, 1.54) is 0 Å². The molecule has 0 spiro atoms. The van der Waals surface area contributed by atoms with Gasteiger partial charge in [0.1, 0.15) is 0 Å². The number of rotatable bonds is 2. The first-order chi connectivity index (χ1) is 7.28. The minimum absolute atomic E-state index is 0. The summed E-state index contributed by atoms with van der Waals surface area (Å²) in [6.45, 7) is 12.5. The summed E-state index contributed by atoms with van der Waals surface area (Å²) in [4.78, 5) is 14.0. The molecule has 1 fully saturated rings. The molecular weight excluding hydrogens is 236 g/mol. The number of carbonyl (C=O) groups excluding carboxylic acids is 1. The third kappa shape index (κ3) is 6.27. The molecule has 17 heavy (non-hydrogen) atoms. The van der Waals surface area contributed by atoms with E-state index in [-0.39, 0.29) is 17.8 Å². The number of amides is 1. The molecule has 1 rings (SSSR count). The van der Waals surface area contributed by atoms with Crippen molar-refractivity contribution >= 4 is 18.3 Å². The topological polar surface area (TPSA) is 32.3 Å². The Morgan fingerprint density at radius 1 is 1.24 bits per heavy atom. The smallest absolute Gasteiger partial charge is 0.222 e. The molecule has 102 valence electrons. The van der Waals surface area contributed by atoms with Crippen LogP contribution in [0.25, 0.3) is 0 Å². The van der Waals surface area contributed by atoms with Crippen molar-refractivity contribution in [2.24, 2.45) is 5.41 Å². The highest BCUT2D eigenvalue weighted by atomic mass is 35.5. The highest BCUT2D eigenvalue weighted by Gasteiger charge is 2.25. The van der Waals surface area contributed by atoms with Crippen LogP contribution in [0.15, 0.2) is 0 Å². The van der Waals surface area contributed by atoms with Crippen LogP contribution >= 0.6 is 12.4 Å². The zero-order chi connectivity index (χ0) is 12.3. The van der Waals surface area contributed by atoms with Gasteiger partial charge in [-0.25, -0.2) is 0 Å². The number of hydrogen-bond acceptors (Lipinski definition) is 2. The van der Waals surface area contributed by atoms with Gasteiger partial charge in [-0.3, -0.25) is 4.79 Å². The van der Waals surface area contributed by atoms with Crippen molar-refractivity contribution in [2.75, 3.05) is 13.1 Å². The third-order valence-corrected chi connectivity index (χ3v) is 3.00. The van der Waals surface area contributed by atoms with Gasteiger partial charge in [-0.1, -0.05) is 20.8 Å². The van der Waals surface area contributed by atoms with E-state index in [1.54, 1.807) is 0 Å². The quantitative estimate of drug-likeness (QED) is 0.829.